The van der Waals surface area contributed by atoms with Crippen molar-refractivity contribution in [1.82, 2.24) is 39.2 Å². The quantitative estimate of drug-likeness (QED) is 0.349. The monoisotopic (exact) mass is 484 g/mol. The van der Waals surface area contributed by atoms with Crippen molar-refractivity contribution >= 4 is 5.65 Å². The first-order valence-corrected chi connectivity index (χ1v) is 12.5. The number of aromatic nitrogens is 7. The zero-order chi connectivity index (χ0) is 24.4. The lowest BCUT2D eigenvalue weighted by molar-refractivity contribution is 0.105. The van der Waals surface area contributed by atoms with Crippen LogP contribution in [0.15, 0.2) is 73.7 Å². The first-order valence-electron chi connectivity index (χ1n) is 12.5. The third-order valence-electron chi connectivity index (χ3n) is 6.87. The van der Waals surface area contributed by atoms with Gasteiger partial charge in [0.15, 0.2) is 0 Å². The molecular formula is C27H29FN8. The van der Waals surface area contributed by atoms with Gasteiger partial charge in [0.2, 0.25) is 0 Å². The lowest BCUT2D eigenvalue weighted by Crippen LogP contribution is -2.38. The smallest absolute Gasteiger partial charge is 0.137 e. The molecule has 5 heterocycles. The zero-order valence-corrected chi connectivity index (χ0v) is 20.1. The number of hydrogen-bond donors (Lipinski definition) is 1. The van der Waals surface area contributed by atoms with E-state index in [1.807, 2.05) is 70.3 Å². The summed E-state index contributed by atoms with van der Waals surface area (Å²) in [7, 11) is 0. The van der Waals surface area contributed by atoms with Crippen LogP contribution in [0.3, 0.4) is 0 Å². The van der Waals surface area contributed by atoms with Crippen LogP contribution in [0.1, 0.15) is 43.4 Å². The number of fused-ring (bicyclic) bond motifs is 1. The molecule has 0 saturated heterocycles. The fraction of sp³-hybridized carbons (Fsp3) is 0.333. The second-order valence-corrected chi connectivity index (χ2v) is 9.67. The van der Waals surface area contributed by atoms with Crippen LogP contribution in [0.4, 0.5) is 4.39 Å². The molecule has 36 heavy (non-hydrogen) atoms. The van der Waals surface area contributed by atoms with Crippen LogP contribution < -0.4 is 5.32 Å². The standard InChI is InChI=1S/C27H29FN8/c28-27(8-2-1-3-9-27)20-30-13-21-6-7-26-31-23(17-35(26)16-21)18-36-19-25(32-33-36)22-12-24(15-29-14-22)34-10-4-5-11-34/h4-7,10-12,14-17,19,30H,1-3,8-9,13,18,20H2. The molecular weight excluding hydrogens is 455 g/mol. The van der Waals surface area contributed by atoms with Crippen molar-refractivity contribution in [3.63, 3.8) is 0 Å². The summed E-state index contributed by atoms with van der Waals surface area (Å²) < 4.78 is 20.6. The number of nitrogens with zero attached hydrogens (tertiary/aromatic N) is 7. The number of imidazole rings is 1. The van der Waals surface area contributed by atoms with Gasteiger partial charge in [-0.3, -0.25) is 4.98 Å². The number of alkyl halides is 1. The van der Waals surface area contributed by atoms with E-state index in [0.29, 0.717) is 32.5 Å². The summed E-state index contributed by atoms with van der Waals surface area (Å²) in [5.74, 6) is 0. The maximum absolute atomic E-state index is 14.8. The summed E-state index contributed by atoms with van der Waals surface area (Å²) in [6.07, 6.45) is 18.0. The molecule has 0 atom stereocenters. The molecule has 184 valence electrons. The predicted octanol–water partition coefficient (Wildman–Crippen LogP) is 4.59. The van der Waals surface area contributed by atoms with Crippen LogP contribution in [-0.2, 0) is 13.1 Å². The Labute approximate surface area is 208 Å². The van der Waals surface area contributed by atoms with Gasteiger partial charge in [-0.25, -0.2) is 14.1 Å². The Balaban J connectivity index is 1.11. The molecule has 9 heteroatoms. The van der Waals surface area contributed by atoms with E-state index >= 15 is 0 Å². The number of pyridine rings is 2. The van der Waals surface area contributed by atoms with E-state index in [9.17, 15) is 4.39 Å². The van der Waals surface area contributed by atoms with Crippen molar-refractivity contribution in [3.8, 4) is 16.9 Å². The van der Waals surface area contributed by atoms with Gasteiger partial charge >= 0.3 is 0 Å². The maximum Gasteiger partial charge on any atom is 0.137 e. The molecule has 0 spiro atoms. The first-order chi connectivity index (χ1) is 17.6. The van der Waals surface area contributed by atoms with Crippen molar-refractivity contribution in [3.05, 3.63) is 85.0 Å². The van der Waals surface area contributed by atoms with E-state index in [1.54, 1.807) is 10.9 Å². The molecule has 6 rings (SSSR count). The van der Waals surface area contributed by atoms with E-state index in [4.69, 9.17) is 4.98 Å². The average Bonchev–Trinajstić information content (AvgIpc) is 3.66. The molecule has 1 saturated carbocycles. The molecule has 0 aliphatic heterocycles. The molecule has 0 aromatic carbocycles. The maximum atomic E-state index is 14.8. The Kier molecular flexibility index (Phi) is 6.06. The molecule has 0 radical (unpaired) electrons. The van der Waals surface area contributed by atoms with Crippen LogP contribution in [-0.4, -0.2) is 46.1 Å². The Morgan fingerprint density at radius 3 is 2.72 bits per heavy atom. The highest BCUT2D eigenvalue weighted by molar-refractivity contribution is 5.59. The molecule has 0 bridgehead atoms. The van der Waals surface area contributed by atoms with Crippen molar-refractivity contribution in [1.29, 1.82) is 0 Å². The number of nitrogens with one attached hydrogen (secondary N) is 1. The predicted molar refractivity (Wildman–Crippen MR) is 136 cm³/mol. The number of halogens is 1. The molecule has 1 aliphatic rings. The summed E-state index contributed by atoms with van der Waals surface area (Å²) in [6.45, 7) is 1.56. The highest BCUT2D eigenvalue weighted by atomic mass is 19.1. The lowest BCUT2D eigenvalue weighted by Gasteiger charge is -2.29. The van der Waals surface area contributed by atoms with Gasteiger partial charge < -0.3 is 14.3 Å². The molecule has 5 aromatic rings. The minimum Gasteiger partial charge on any atom is -0.322 e. The van der Waals surface area contributed by atoms with Gasteiger partial charge in [0.05, 0.1) is 30.3 Å². The van der Waals surface area contributed by atoms with Crippen LogP contribution in [0.5, 0.6) is 0 Å². The molecule has 5 aromatic heterocycles. The third kappa shape index (κ3) is 4.92. The van der Waals surface area contributed by atoms with E-state index in [1.165, 1.54) is 0 Å². The Hall–Kier alpha value is -3.85. The number of rotatable bonds is 8. The molecule has 0 unspecified atom stereocenters. The van der Waals surface area contributed by atoms with E-state index in [0.717, 1.165) is 53.1 Å². The molecule has 1 aliphatic carbocycles. The SMILES string of the molecule is FC1(CNCc2ccc3nc(Cn4cc(-c5cncc(-n6cccc6)c5)nn4)cn3c2)CCCCC1. The highest BCUT2D eigenvalue weighted by Gasteiger charge is 2.30. The second kappa shape index (κ2) is 9.66. The Bertz CT molecular complexity index is 1450. The molecule has 0 amide bonds. The normalized spacial score (nSPS) is 15.5. The fourth-order valence-corrected chi connectivity index (χ4v) is 4.95. The summed E-state index contributed by atoms with van der Waals surface area (Å²) >= 11 is 0. The van der Waals surface area contributed by atoms with Crippen molar-refractivity contribution in [2.75, 3.05) is 6.54 Å². The van der Waals surface area contributed by atoms with E-state index < -0.39 is 5.67 Å². The number of hydrogen-bond acceptors (Lipinski definition) is 5. The van der Waals surface area contributed by atoms with Crippen molar-refractivity contribution < 1.29 is 4.39 Å². The van der Waals surface area contributed by atoms with Gasteiger partial charge in [-0.15, -0.1) is 5.10 Å². The largest absolute Gasteiger partial charge is 0.322 e. The second-order valence-electron chi connectivity index (χ2n) is 9.67. The summed E-state index contributed by atoms with van der Waals surface area (Å²) in [5, 5.41) is 12.0. The Morgan fingerprint density at radius 1 is 1.00 bits per heavy atom. The van der Waals surface area contributed by atoms with Gasteiger partial charge in [-0.2, -0.15) is 0 Å². The zero-order valence-electron chi connectivity index (χ0n) is 20.1. The molecule has 1 fully saturated rings. The third-order valence-corrected chi connectivity index (χ3v) is 6.87. The van der Waals surface area contributed by atoms with Crippen LogP contribution in [0.25, 0.3) is 22.6 Å². The van der Waals surface area contributed by atoms with Gasteiger partial charge in [0.25, 0.3) is 0 Å². The topological polar surface area (TPSA) is 77.9 Å². The van der Waals surface area contributed by atoms with Crippen molar-refractivity contribution in [2.24, 2.45) is 0 Å². The van der Waals surface area contributed by atoms with Crippen LogP contribution in [0, 0.1) is 0 Å². The molecule has 1 N–H and O–H groups in total. The summed E-state index contributed by atoms with van der Waals surface area (Å²) in [5.41, 5.74) is 4.44. The van der Waals surface area contributed by atoms with Gasteiger partial charge in [0.1, 0.15) is 17.0 Å². The van der Waals surface area contributed by atoms with Crippen LogP contribution in [0.2, 0.25) is 0 Å². The fourth-order valence-electron chi connectivity index (χ4n) is 4.95. The highest BCUT2D eigenvalue weighted by Crippen LogP contribution is 2.31. The minimum atomic E-state index is -1.05. The average molecular weight is 485 g/mol. The summed E-state index contributed by atoms with van der Waals surface area (Å²) in [4.78, 5) is 9.08. The lowest BCUT2D eigenvalue weighted by atomic mass is 9.86. The minimum absolute atomic E-state index is 0.415. The Morgan fingerprint density at radius 2 is 1.86 bits per heavy atom. The van der Waals surface area contributed by atoms with Gasteiger partial charge in [-0.05, 0) is 42.7 Å². The summed E-state index contributed by atoms with van der Waals surface area (Å²) in [6, 6.07) is 10.0. The van der Waals surface area contributed by atoms with Gasteiger partial charge in [-0.1, -0.05) is 30.5 Å². The first kappa shape index (κ1) is 22.6. The van der Waals surface area contributed by atoms with Crippen molar-refractivity contribution in [2.45, 2.75) is 50.9 Å². The van der Waals surface area contributed by atoms with Crippen LogP contribution >= 0.6 is 0 Å². The van der Waals surface area contributed by atoms with Gasteiger partial charge in [0, 0.05) is 49.6 Å². The van der Waals surface area contributed by atoms with E-state index in [-0.39, 0.29) is 0 Å². The molecule has 8 nitrogen and oxygen atoms in total. The van der Waals surface area contributed by atoms with E-state index in [2.05, 4.69) is 26.8 Å².